The highest BCUT2D eigenvalue weighted by atomic mass is 16.6. The highest BCUT2D eigenvalue weighted by Crippen LogP contribution is 2.31. The van der Waals surface area contributed by atoms with Crippen molar-refractivity contribution in [3.63, 3.8) is 0 Å². The van der Waals surface area contributed by atoms with Gasteiger partial charge in [0, 0.05) is 0 Å². The van der Waals surface area contributed by atoms with Gasteiger partial charge in [0.05, 0.1) is 12.6 Å². The molecule has 2 rings (SSSR count). The van der Waals surface area contributed by atoms with Crippen molar-refractivity contribution in [2.75, 3.05) is 6.61 Å². The van der Waals surface area contributed by atoms with E-state index in [1.54, 1.807) is 0 Å². The summed E-state index contributed by atoms with van der Waals surface area (Å²) in [5.41, 5.74) is 7.32. The van der Waals surface area contributed by atoms with E-state index in [1.807, 2.05) is 6.92 Å². The van der Waals surface area contributed by atoms with Gasteiger partial charge in [-0.25, -0.2) is 0 Å². The zero-order valence-electron chi connectivity index (χ0n) is 8.84. The Hall–Kier alpha value is -0.860. The molecule has 0 radical (unpaired) electrons. The predicted molar refractivity (Wildman–Crippen MR) is 57.0 cm³/mol. The Morgan fingerprint density at radius 2 is 2.36 bits per heavy atom. The van der Waals surface area contributed by atoms with Crippen molar-refractivity contribution >= 4 is 0 Å². The van der Waals surface area contributed by atoms with E-state index in [-0.39, 0.29) is 0 Å². The molecule has 0 bridgehead atoms. The molecule has 0 heterocycles. The fourth-order valence-electron chi connectivity index (χ4n) is 2.03. The van der Waals surface area contributed by atoms with Gasteiger partial charge in [0.1, 0.15) is 0 Å². The number of hydrogen-bond acceptors (Lipinski definition) is 2. The van der Waals surface area contributed by atoms with Crippen LogP contribution in [0.2, 0.25) is 0 Å². The summed E-state index contributed by atoms with van der Waals surface area (Å²) in [7, 11) is 0. The first-order valence-corrected chi connectivity index (χ1v) is 5.28. The molecule has 2 nitrogen and oxygen atoms in total. The number of rotatable bonds is 3. The van der Waals surface area contributed by atoms with Crippen LogP contribution < -0.4 is 5.48 Å². The first-order valence-electron chi connectivity index (χ1n) is 5.28. The van der Waals surface area contributed by atoms with Crippen molar-refractivity contribution in [2.45, 2.75) is 32.7 Å². The molecule has 1 aromatic carbocycles. The minimum Gasteiger partial charge on any atom is -0.302 e. The third-order valence-corrected chi connectivity index (χ3v) is 2.75. The molecular weight excluding hydrogens is 174 g/mol. The number of hydrogen-bond donors (Lipinski definition) is 1. The first-order chi connectivity index (χ1) is 6.81. The van der Waals surface area contributed by atoms with Crippen LogP contribution in [0.5, 0.6) is 0 Å². The molecule has 0 amide bonds. The Bertz CT molecular complexity index is 322. The van der Waals surface area contributed by atoms with E-state index in [9.17, 15) is 0 Å². The van der Waals surface area contributed by atoms with Crippen molar-refractivity contribution in [3.05, 3.63) is 34.9 Å². The molecule has 1 aromatic rings. The van der Waals surface area contributed by atoms with Crippen LogP contribution in [0.3, 0.4) is 0 Å². The second-order valence-corrected chi connectivity index (χ2v) is 3.84. The summed E-state index contributed by atoms with van der Waals surface area (Å²) in [4.78, 5) is 5.26. The van der Waals surface area contributed by atoms with Crippen LogP contribution in [0, 0.1) is 6.92 Å². The van der Waals surface area contributed by atoms with E-state index in [2.05, 4.69) is 30.6 Å². The van der Waals surface area contributed by atoms with E-state index in [4.69, 9.17) is 4.84 Å². The minimum absolute atomic E-state index is 0.393. The predicted octanol–water partition coefficient (Wildman–Crippen LogP) is 2.52. The second kappa shape index (κ2) is 4.11. The monoisotopic (exact) mass is 191 g/mol. The van der Waals surface area contributed by atoms with Gasteiger partial charge in [-0.05, 0) is 37.8 Å². The Balaban J connectivity index is 2.16. The van der Waals surface area contributed by atoms with Crippen molar-refractivity contribution in [3.8, 4) is 0 Å². The molecular formula is C12H17NO. The zero-order valence-corrected chi connectivity index (χ0v) is 8.84. The van der Waals surface area contributed by atoms with Gasteiger partial charge in [-0.3, -0.25) is 0 Å². The van der Waals surface area contributed by atoms with Gasteiger partial charge in [-0.15, -0.1) is 0 Å². The molecule has 0 aliphatic heterocycles. The molecule has 1 atom stereocenters. The van der Waals surface area contributed by atoms with Crippen LogP contribution in [-0.2, 0) is 11.3 Å². The second-order valence-electron chi connectivity index (χ2n) is 3.84. The van der Waals surface area contributed by atoms with Crippen molar-refractivity contribution < 1.29 is 4.84 Å². The highest BCUT2D eigenvalue weighted by Gasteiger charge is 2.21. The van der Waals surface area contributed by atoms with E-state index in [1.165, 1.54) is 23.1 Å². The summed E-state index contributed by atoms with van der Waals surface area (Å²) in [6, 6.07) is 7.07. The molecule has 1 aliphatic carbocycles. The van der Waals surface area contributed by atoms with Gasteiger partial charge in [0.25, 0.3) is 0 Å². The van der Waals surface area contributed by atoms with Crippen LogP contribution in [0.25, 0.3) is 0 Å². The zero-order chi connectivity index (χ0) is 9.97. The normalized spacial score (nSPS) is 19.7. The standard InChI is InChI=1S/C12H17NO/c1-3-14-13-12-7-6-10-5-4-9(2)8-11(10)12/h4-5,8,12-13H,3,6-7H2,1-2H3. The maximum absolute atomic E-state index is 5.26. The maximum atomic E-state index is 5.26. The van der Waals surface area contributed by atoms with Crippen LogP contribution >= 0.6 is 0 Å². The summed E-state index contributed by atoms with van der Waals surface area (Å²) < 4.78 is 0. The lowest BCUT2D eigenvalue weighted by Gasteiger charge is -2.13. The van der Waals surface area contributed by atoms with Crippen LogP contribution in [0.15, 0.2) is 18.2 Å². The summed E-state index contributed by atoms with van der Waals surface area (Å²) in [6.07, 6.45) is 2.32. The van der Waals surface area contributed by atoms with E-state index < -0.39 is 0 Å². The molecule has 1 N–H and O–H groups in total. The third-order valence-electron chi connectivity index (χ3n) is 2.75. The highest BCUT2D eigenvalue weighted by molar-refractivity contribution is 5.37. The largest absolute Gasteiger partial charge is 0.302 e. The van der Waals surface area contributed by atoms with E-state index >= 15 is 0 Å². The first kappa shape index (κ1) is 9.69. The van der Waals surface area contributed by atoms with Gasteiger partial charge in [0.15, 0.2) is 0 Å². The fourth-order valence-corrected chi connectivity index (χ4v) is 2.03. The molecule has 0 fully saturated rings. The third kappa shape index (κ3) is 1.81. The molecule has 14 heavy (non-hydrogen) atoms. The lowest BCUT2D eigenvalue weighted by Crippen LogP contribution is -2.19. The van der Waals surface area contributed by atoms with Gasteiger partial charge in [-0.2, -0.15) is 5.48 Å². The summed E-state index contributed by atoms with van der Waals surface area (Å²) in [6.45, 7) is 4.85. The van der Waals surface area contributed by atoms with Gasteiger partial charge < -0.3 is 4.84 Å². The number of nitrogens with one attached hydrogen (secondary N) is 1. The SMILES string of the molecule is CCONC1CCc2ccc(C)cc21. The summed E-state index contributed by atoms with van der Waals surface area (Å²) >= 11 is 0. The van der Waals surface area contributed by atoms with Gasteiger partial charge >= 0.3 is 0 Å². The summed E-state index contributed by atoms with van der Waals surface area (Å²) in [5, 5.41) is 0. The Labute approximate surface area is 85.2 Å². The van der Waals surface area contributed by atoms with Gasteiger partial charge in [0.2, 0.25) is 0 Å². The summed E-state index contributed by atoms with van der Waals surface area (Å²) in [5.74, 6) is 0. The minimum atomic E-state index is 0.393. The molecule has 76 valence electrons. The smallest absolute Gasteiger partial charge is 0.0654 e. The number of benzene rings is 1. The quantitative estimate of drug-likeness (QED) is 0.741. The average Bonchev–Trinajstić information content (AvgIpc) is 2.57. The Kier molecular flexibility index (Phi) is 2.85. The molecule has 0 saturated carbocycles. The van der Waals surface area contributed by atoms with E-state index in [0.29, 0.717) is 6.04 Å². The van der Waals surface area contributed by atoms with Crippen LogP contribution in [0.4, 0.5) is 0 Å². The van der Waals surface area contributed by atoms with Crippen molar-refractivity contribution in [1.82, 2.24) is 5.48 Å². The average molecular weight is 191 g/mol. The molecule has 1 unspecified atom stereocenters. The van der Waals surface area contributed by atoms with Gasteiger partial charge in [-0.1, -0.05) is 23.8 Å². The topological polar surface area (TPSA) is 21.3 Å². The fraction of sp³-hybridized carbons (Fsp3) is 0.500. The molecule has 2 heteroatoms. The number of hydroxylamine groups is 1. The van der Waals surface area contributed by atoms with Crippen molar-refractivity contribution in [1.29, 1.82) is 0 Å². The number of aryl methyl sites for hydroxylation is 2. The molecule has 0 spiro atoms. The molecule has 0 saturated heterocycles. The van der Waals surface area contributed by atoms with Crippen molar-refractivity contribution in [2.24, 2.45) is 0 Å². The van der Waals surface area contributed by atoms with Crippen LogP contribution in [0.1, 0.15) is 36.1 Å². The van der Waals surface area contributed by atoms with Crippen LogP contribution in [-0.4, -0.2) is 6.61 Å². The Morgan fingerprint density at radius 1 is 1.50 bits per heavy atom. The Morgan fingerprint density at radius 3 is 3.14 bits per heavy atom. The van der Waals surface area contributed by atoms with E-state index in [0.717, 1.165) is 13.0 Å². The lowest BCUT2D eigenvalue weighted by atomic mass is 10.1. The molecule has 0 aromatic heterocycles. The maximum Gasteiger partial charge on any atom is 0.0654 e. The molecule has 1 aliphatic rings. The number of fused-ring (bicyclic) bond motifs is 1. The lowest BCUT2D eigenvalue weighted by molar-refractivity contribution is 0.0244.